The number of aromatic nitrogens is 2. The van der Waals surface area contributed by atoms with Crippen LogP contribution in [-0.4, -0.2) is 9.97 Å². The van der Waals surface area contributed by atoms with Crippen LogP contribution < -0.4 is 0 Å². The number of hydrogen-bond donors (Lipinski definition) is 0. The summed E-state index contributed by atoms with van der Waals surface area (Å²) >= 11 is 0. The SMILES string of the molecule is C=C(c1ccc2c(c1)oc1cccc(-c3nc(-c4ccc5ccccc5c4)cc(-c4ccc5ccccc5c4)n3)c12)c1ccc(-c2ccccc2)cc1-c1cc(-c2ccccc2)ccc1C. The van der Waals surface area contributed by atoms with Crippen molar-refractivity contribution in [2.45, 2.75) is 6.92 Å². The molecule has 0 fully saturated rings. The van der Waals surface area contributed by atoms with Gasteiger partial charge in [-0.15, -0.1) is 0 Å². The van der Waals surface area contributed by atoms with E-state index >= 15 is 0 Å². The zero-order chi connectivity index (χ0) is 44.1. The molecule has 0 radical (unpaired) electrons. The van der Waals surface area contributed by atoms with Gasteiger partial charge < -0.3 is 4.42 Å². The minimum atomic E-state index is 0.641. The molecular weight excluding hydrogens is 801 g/mol. The third-order valence-electron chi connectivity index (χ3n) is 13.0. The number of hydrogen-bond acceptors (Lipinski definition) is 3. The van der Waals surface area contributed by atoms with E-state index in [2.05, 4.69) is 219 Å². The maximum absolute atomic E-state index is 6.75. The highest BCUT2D eigenvalue weighted by atomic mass is 16.3. The Hall–Kier alpha value is -8.66. The van der Waals surface area contributed by atoms with Gasteiger partial charge in [-0.05, 0) is 133 Å². The maximum Gasteiger partial charge on any atom is 0.161 e. The van der Waals surface area contributed by atoms with Crippen LogP contribution in [0, 0.1) is 6.92 Å². The van der Waals surface area contributed by atoms with Crippen molar-refractivity contribution < 1.29 is 4.42 Å². The third-order valence-corrected chi connectivity index (χ3v) is 13.0. The zero-order valence-corrected chi connectivity index (χ0v) is 36.4. The van der Waals surface area contributed by atoms with Crippen molar-refractivity contribution in [1.82, 2.24) is 9.97 Å². The van der Waals surface area contributed by atoms with Crippen LogP contribution >= 0.6 is 0 Å². The molecule has 0 bridgehead atoms. The van der Waals surface area contributed by atoms with Crippen LogP contribution in [-0.2, 0) is 0 Å². The molecule has 66 heavy (non-hydrogen) atoms. The molecule has 2 aromatic heterocycles. The van der Waals surface area contributed by atoms with Gasteiger partial charge in [0.15, 0.2) is 5.82 Å². The van der Waals surface area contributed by atoms with Gasteiger partial charge >= 0.3 is 0 Å². The van der Waals surface area contributed by atoms with Crippen LogP contribution in [0.2, 0.25) is 0 Å². The Kier molecular flexibility index (Phi) is 9.54. The molecule has 12 rings (SSSR count). The number of aryl methyl sites for hydroxylation is 1. The van der Waals surface area contributed by atoms with Crippen LogP contribution in [0.25, 0.3) is 116 Å². The van der Waals surface area contributed by atoms with E-state index in [9.17, 15) is 0 Å². The van der Waals surface area contributed by atoms with Gasteiger partial charge in [0.05, 0.1) is 11.4 Å². The van der Waals surface area contributed by atoms with Crippen LogP contribution in [0.4, 0.5) is 0 Å². The lowest BCUT2D eigenvalue weighted by atomic mass is 9.86. The molecule has 12 aromatic rings. The number of rotatable bonds is 8. The average molecular weight is 843 g/mol. The molecule has 0 saturated carbocycles. The molecule has 3 heteroatoms. The molecule has 0 atom stereocenters. The van der Waals surface area contributed by atoms with E-state index in [1.807, 2.05) is 12.1 Å². The van der Waals surface area contributed by atoms with E-state index in [1.165, 1.54) is 38.6 Å². The Bertz CT molecular complexity index is 3750. The van der Waals surface area contributed by atoms with Gasteiger partial charge in [-0.25, -0.2) is 9.97 Å². The Labute approximate surface area is 383 Å². The van der Waals surface area contributed by atoms with Crippen molar-refractivity contribution in [2.24, 2.45) is 0 Å². The molecule has 0 N–H and O–H groups in total. The van der Waals surface area contributed by atoms with Gasteiger partial charge in [0.2, 0.25) is 0 Å². The molecule has 0 unspecified atom stereocenters. The highest BCUT2D eigenvalue weighted by Gasteiger charge is 2.20. The van der Waals surface area contributed by atoms with Crippen molar-refractivity contribution in [3.63, 3.8) is 0 Å². The summed E-state index contributed by atoms with van der Waals surface area (Å²) in [5.74, 6) is 0.641. The summed E-state index contributed by atoms with van der Waals surface area (Å²) < 4.78 is 6.75. The smallest absolute Gasteiger partial charge is 0.161 e. The summed E-state index contributed by atoms with van der Waals surface area (Å²) in [5, 5.41) is 6.68. The number of furan rings is 1. The van der Waals surface area contributed by atoms with Crippen LogP contribution in [0.1, 0.15) is 16.7 Å². The second-order valence-corrected chi connectivity index (χ2v) is 17.1. The predicted octanol–water partition coefficient (Wildman–Crippen LogP) is 17.1. The van der Waals surface area contributed by atoms with Crippen LogP contribution in [0.5, 0.6) is 0 Å². The van der Waals surface area contributed by atoms with Gasteiger partial charge in [-0.2, -0.15) is 0 Å². The average Bonchev–Trinajstić information content (AvgIpc) is 3.77. The fourth-order valence-corrected chi connectivity index (χ4v) is 9.48. The summed E-state index contributed by atoms with van der Waals surface area (Å²) in [4.78, 5) is 10.6. The molecule has 310 valence electrons. The molecule has 0 aliphatic heterocycles. The van der Waals surface area contributed by atoms with Gasteiger partial charge in [-0.1, -0.05) is 183 Å². The quantitative estimate of drug-likeness (QED) is 0.153. The normalized spacial score (nSPS) is 11.5. The summed E-state index contributed by atoms with van der Waals surface area (Å²) in [7, 11) is 0. The fraction of sp³-hybridized carbons (Fsp3) is 0.0159. The standard InChI is InChI=1S/C63H42N2O/c1-40-24-25-49(42-14-5-3-6-15-42)36-56(40)57-37-50(43-16-7-4-8-17-43)31-32-53(57)41(2)46-30-33-54-61(38-46)66-60-23-13-22-55(62(54)60)63-64-58(51-28-26-44-18-9-11-20-47(44)34-51)39-59(65-63)52-29-27-45-19-10-12-21-48(45)35-52/h3-39H,2H2,1H3. The van der Waals surface area contributed by atoms with Gasteiger partial charge in [0.1, 0.15) is 11.2 Å². The summed E-state index contributed by atoms with van der Waals surface area (Å²) in [6.45, 7) is 6.96. The first-order valence-electron chi connectivity index (χ1n) is 22.4. The molecule has 0 saturated heterocycles. The van der Waals surface area contributed by atoms with Crippen molar-refractivity contribution in [3.05, 3.63) is 248 Å². The number of nitrogens with zero attached hydrogens (tertiary/aromatic N) is 2. The van der Waals surface area contributed by atoms with Crippen LogP contribution in [0.15, 0.2) is 235 Å². The lowest BCUT2D eigenvalue weighted by molar-refractivity contribution is 0.669. The van der Waals surface area contributed by atoms with E-state index < -0.39 is 0 Å². The van der Waals surface area contributed by atoms with Gasteiger partial charge in [-0.3, -0.25) is 0 Å². The molecule has 0 spiro atoms. The highest BCUT2D eigenvalue weighted by Crippen LogP contribution is 2.42. The fourth-order valence-electron chi connectivity index (χ4n) is 9.48. The maximum atomic E-state index is 6.75. The zero-order valence-electron chi connectivity index (χ0n) is 36.4. The number of fused-ring (bicyclic) bond motifs is 5. The summed E-state index contributed by atoms with van der Waals surface area (Å²) in [5.41, 5.74) is 17.4. The third kappa shape index (κ3) is 7.04. The van der Waals surface area contributed by atoms with E-state index in [0.29, 0.717) is 5.82 Å². The molecule has 2 heterocycles. The van der Waals surface area contributed by atoms with Crippen molar-refractivity contribution in [2.75, 3.05) is 0 Å². The molecule has 10 aromatic carbocycles. The topological polar surface area (TPSA) is 38.9 Å². The largest absolute Gasteiger partial charge is 0.456 e. The van der Waals surface area contributed by atoms with Crippen molar-refractivity contribution in [1.29, 1.82) is 0 Å². The van der Waals surface area contributed by atoms with Crippen molar-refractivity contribution >= 4 is 49.1 Å². The second-order valence-electron chi connectivity index (χ2n) is 17.1. The van der Waals surface area contributed by atoms with Gasteiger partial charge in [0.25, 0.3) is 0 Å². The summed E-state index contributed by atoms with van der Waals surface area (Å²) in [6, 6.07) is 79.4. The lowest BCUT2D eigenvalue weighted by Crippen LogP contribution is -1.96. The van der Waals surface area contributed by atoms with E-state index in [0.717, 1.165) is 88.6 Å². The monoisotopic (exact) mass is 842 g/mol. The Morgan fingerprint density at radius 1 is 0.394 bits per heavy atom. The minimum absolute atomic E-state index is 0.641. The van der Waals surface area contributed by atoms with E-state index in [4.69, 9.17) is 21.0 Å². The summed E-state index contributed by atoms with van der Waals surface area (Å²) in [6.07, 6.45) is 0. The van der Waals surface area contributed by atoms with Crippen LogP contribution in [0.3, 0.4) is 0 Å². The van der Waals surface area contributed by atoms with Gasteiger partial charge in [0, 0.05) is 27.5 Å². The molecule has 0 aliphatic rings. The molecule has 3 nitrogen and oxygen atoms in total. The Morgan fingerprint density at radius 3 is 1.59 bits per heavy atom. The minimum Gasteiger partial charge on any atom is -0.456 e. The lowest BCUT2D eigenvalue weighted by Gasteiger charge is -2.18. The predicted molar refractivity (Wildman–Crippen MR) is 276 cm³/mol. The first-order valence-corrected chi connectivity index (χ1v) is 22.4. The Balaban J connectivity index is 0.987. The van der Waals surface area contributed by atoms with E-state index in [1.54, 1.807) is 0 Å². The first kappa shape index (κ1) is 39.0. The second kappa shape index (κ2) is 16.2. The van der Waals surface area contributed by atoms with Crippen molar-refractivity contribution in [3.8, 4) is 67.3 Å². The highest BCUT2D eigenvalue weighted by molar-refractivity contribution is 6.12. The molecule has 0 aliphatic carbocycles. The molecular formula is C63H42N2O. The number of benzene rings is 10. The van der Waals surface area contributed by atoms with E-state index in [-0.39, 0.29) is 0 Å². The first-order chi connectivity index (χ1) is 32.5. The molecule has 0 amide bonds. The Morgan fingerprint density at radius 2 is 0.955 bits per heavy atom.